The van der Waals surface area contributed by atoms with Gasteiger partial charge in [-0.2, -0.15) is 0 Å². The van der Waals surface area contributed by atoms with Crippen molar-refractivity contribution in [2.75, 3.05) is 7.11 Å². The van der Waals surface area contributed by atoms with Crippen LogP contribution in [0.1, 0.15) is 17.0 Å². The zero-order valence-corrected chi connectivity index (χ0v) is 15.2. The fraction of sp³-hybridized carbons (Fsp3) is 0.150. The lowest BCUT2D eigenvalue weighted by molar-refractivity contribution is 0.412. The summed E-state index contributed by atoms with van der Waals surface area (Å²) in [7, 11) is 1.69. The number of aromatic nitrogens is 2. The molecule has 0 saturated carbocycles. The number of halogens is 1. The van der Waals surface area contributed by atoms with Gasteiger partial charge in [0.05, 0.1) is 28.9 Å². The lowest BCUT2D eigenvalue weighted by Gasteiger charge is -1.94. The molecule has 0 radical (unpaired) electrons. The van der Waals surface area contributed by atoms with Gasteiger partial charge in [-0.05, 0) is 43.7 Å². The molecule has 2 N–H and O–H groups in total. The first-order chi connectivity index (χ1) is 11.6. The van der Waals surface area contributed by atoms with Gasteiger partial charge in [0.1, 0.15) is 5.75 Å². The van der Waals surface area contributed by atoms with Crippen molar-refractivity contribution < 1.29 is 4.74 Å². The predicted octanol–water partition coefficient (Wildman–Crippen LogP) is 1.44. The molecule has 0 saturated heterocycles. The molecule has 0 unspecified atom stereocenters. The standard InChI is InChI=1S/C20H19N3O.ClH/c1-12-8-13(2)21-16(12)10-19-20(24-3)11-18(23-19)17-9-14-6-4-5-7-15(14)22-17;/h4-11,21,23H,1-3H3;1H/b18-17?,19-10+;. The third-order valence-corrected chi connectivity index (χ3v) is 4.25. The second-order valence-electron chi connectivity index (χ2n) is 6.06. The molecule has 0 aliphatic carbocycles. The Morgan fingerprint density at radius 2 is 1.88 bits per heavy atom. The Balaban J connectivity index is 0.00000182. The number of rotatable bonds is 2. The van der Waals surface area contributed by atoms with Gasteiger partial charge < -0.3 is 14.7 Å². The highest BCUT2D eigenvalue weighted by molar-refractivity contribution is 5.85. The molecule has 0 atom stereocenters. The molecule has 1 aliphatic heterocycles. The van der Waals surface area contributed by atoms with Crippen molar-refractivity contribution in [1.29, 1.82) is 0 Å². The maximum absolute atomic E-state index is 5.54. The highest BCUT2D eigenvalue weighted by atomic mass is 35.5. The zero-order chi connectivity index (χ0) is 16.7. The molecule has 0 amide bonds. The first-order valence-electron chi connectivity index (χ1n) is 7.95. The van der Waals surface area contributed by atoms with Crippen LogP contribution in [-0.4, -0.2) is 17.1 Å². The number of hydrogen-bond donors (Lipinski definition) is 2. The predicted molar refractivity (Wildman–Crippen MR) is 103 cm³/mol. The minimum Gasteiger partial charge on any atom is -0.494 e. The van der Waals surface area contributed by atoms with Crippen LogP contribution in [0.15, 0.2) is 41.4 Å². The smallest absolute Gasteiger partial charge is 0.144 e. The Morgan fingerprint density at radius 3 is 2.56 bits per heavy atom. The molecular weight excluding hydrogens is 334 g/mol. The molecule has 4 nitrogen and oxygen atoms in total. The summed E-state index contributed by atoms with van der Waals surface area (Å²) in [4.78, 5) is 11.5. The van der Waals surface area contributed by atoms with E-state index in [4.69, 9.17) is 9.73 Å². The summed E-state index contributed by atoms with van der Waals surface area (Å²) in [5.41, 5.74) is 4.37. The highest BCUT2D eigenvalue weighted by Gasteiger charge is 2.06. The summed E-state index contributed by atoms with van der Waals surface area (Å²) >= 11 is 0. The van der Waals surface area contributed by atoms with E-state index in [9.17, 15) is 0 Å². The molecule has 128 valence electrons. The molecule has 0 spiro atoms. The normalized spacial score (nSPS) is 15.2. The monoisotopic (exact) mass is 353 g/mol. The maximum atomic E-state index is 5.54. The summed E-state index contributed by atoms with van der Waals surface area (Å²) in [6.07, 6.45) is 4.17. The molecular formula is C20H20ClN3O. The minimum absolute atomic E-state index is 0. The molecule has 5 heteroatoms. The number of H-pyrrole nitrogens is 2. The van der Waals surface area contributed by atoms with E-state index in [1.54, 1.807) is 7.11 Å². The van der Waals surface area contributed by atoms with Gasteiger partial charge in [-0.15, -0.1) is 12.4 Å². The molecule has 1 aliphatic rings. The number of aromatic amines is 2. The summed E-state index contributed by atoms with van der Waals surface area (Å²) in [5, 5.41) is 4.03. The number of nitrogens with one attached hydrogen (secondary N) is 2. The van der Waals surface area contributed by atoms with Crippen LogP contribution in [-0.2, 0) is 0 Å². The summed E-state index contributed by atoms with van der Waals surface area (Å²) in [6.45, 7) is 4.15. The van der Waals surface area contributed by atoms with E-state index in [1.165, 1.54) is 5.56 Å². The van der Waals surface area contributed by atoms with Crippen molar-refractivity contribution in [2.45, 2.75) is 13.8 Å². The average molecular weight is 354 g/mol. The van der Waals surface area contributed by atoms with Crippen LogP contribution in [0.3, 0.4) is 0 Å². The Hall–Kier alpha value is -2.72. The Bertz CT molecular complexity index is 1130. The maximum Gasteiger partial charge on any atom is 0.144 e. The van der Waals surface area contributed by atoms with E-state index in [1.807, 2.05) is 24.3 Å². The van der Waals surface area contributed by atoms with Crippen molar-refractivity contribution in [3.05, 3.63) is 74.6 Å². The van der Waals surface area contributed by atoms with Gasteiger partial charge >= 0.3 is 0 Å². The summed E-state index contributed by atoms with van der Waals surface area (Å²) in [6, 6.07) is 12.3. The summed E-state index contributed by atoms with van der Waals surface area (Å²) in [5.74, 6) is 0.809. The fourth-order valence-electron chi connectivity index (χ4n) is 3.07. The van der Waals surface area contributed by atoms with Gasteiger partial charge in [0, 0.05) is 22.7 Å². The van der Waals surface area contributed by atoms with Crippen LogP contribution in [0.2, 0.25) is 0 Å². The van der Waals surface area contributed by atoms with E-state index < -0.39 is 0 Å². The molecule has 25 heavy (non-hydrogen) atoms. The van der Waals surface area contributed by atoms with Gasteiger partial charge in [-0.3, -0.25) is 0 Å². The van der Waals surface area contributed by atoms with Gasteiger partial charge in [0.25, 0.3) is 0 Å². The quantitative estimate of drug-likeness (QED) is 0.719. The Labute approximate surface area is 151 Å². The van der Waals surface area contributed by atoms with Crippen molar-refractivity contribution in [3.8, 4) is 5.75 Å². The lowest BCUT2D eigenvalue weighted by Crippen LogP contribution is -2.19. The van der Waals surface area contributed by atoms with Gasteiger partial charge in [-0.1, -0.05) is 18.2 Å². The second-order valence-corrected chi connectivity index (χ2v) is 6.06. The van der Waals surface area contributed by atoms with Crippen LogP contribution in [0.25, 0.3) is 17.8 Å². The number of benzene rings is 1. The van der Waals surface area contributed by atoms with E-state index in [2.05, 4.69) is 48.1 Å². The molecule has 0 bridgehead atoms. The zero-order valence-electron chi connectivity index (χ0n) is 14.4. The molecule has 1 aromatic carbocycles. The molecule has 0 fully saturated rings. The van der Waals surface area contributed by atoms with E-state index >= 15 is 0 Å². The van der Waals surface area contributed by atoms with Crippen LogP contribution in [0, 0.1) is 13.8 Å². The van der Waals surface area contributed by atoms with E-state index in [-0.39, 0.29) is 12.4 Å². The number of para-hydroxylation sites is 1. The third-order valence-electron chi connectivity index (χ3n) is 4.25. The number of fused-ring (bicyclic) bond motifs is 1. The molecule has 2 aromatic heterocycles. The number of aryl methyl sites for hydroxylation is 2. The highest BCUT2D eigenvalue weighted by Crippen LogP contribution is 2.10. The lowest BCUT2D eigenvalue weighted by atomic mass is 10.2. The van der Waals surface area contributed by atoms with Crippen molar-refractivity contribution in [1.82, 2.24) is 9.97 Å². The number of hydrogen-bond acceptors (Lipinski definition) is 2. The Morgan fingerprint density at radius 1 is 1.08 bits per heavy atom. The number of ether oxygens (including phenoxy) is 1. The van der Waals surface area contributed by atoms with Crippen molar-refractivity contribution in [3.63, 3.8) is 0 Å². The SMILES string of the molecule is COc1cc(=C2C=c3ccccc3=N2)[nH]/c1=C/c1[nH]c(C)cc1C.Cl. The molecule has 3 heterocycles. The topological polar surface area (TPSA) is 53.2 Å². The first-order valence-corrected chi connectivity index (χ1v) is 7.95. The van der Waals surface area contributed by atoms with Crippen LogP contribution in [0.5, 0.6) is 5.75 Å². The van der Waals surface area contributed by atoms with Gasteiger partial charge in [0.2, 0.25) is 0 Å². The Kier molecular flexibility index (Phi) is 4.55. The molecule has 3 aromatic rings. The first kappa shape index (κ1) is 17.1. The van der Waals surface area contributed by atoms with Crippen molar-refractivity contribution in [2.24, 2.45) is 4.99 Å². The van der Waals surface area contributed by atoms with Crippen LogP contribution < -0.4 is 26.0 Å². The molecule has 4 rings (SSSR count). The van der Waals surface area contributed by atoms with Crippen LogP contribution in [0.4, 0.5) is 0 Å². The van der Waals surface area contributed by atoms with Crippen LogP contribution >= 0.6 is 12.4 Å². The fourth-order valence-corrected chi connectivity index (χ4v) is 3.07. The summed E-state index contributed by atoms with van der Waals surface area (Å²) < 4.78 is 5.54. The second kappa shape index (κ2) is 6.65. The van der Waals surface area contributed by atoms with Gasteiger partial charge in [-0.25, -0.2) is 4.99 Å². The van der Waals surface area contributed by atoms with Crippen molar-refractivity contribution >= 4 is 30.3 Å². The third kappa shape index (κ3) is 3.13. The average Bonchev–Trinajstić information content (AvgIpc) is 3.24. The minimum atomic E-state index is 0. The largest absolute Gasteiger partial charge is 0.494 e. The van der Waals surface area contributed by atoms with E-state index in [0.29, 0.717) is 0 Å². The number of nitrogens with zero attached hydrogens (tertiary/aromatic N) is 1. The number of methoxy groups -OCH3 is 1. The van der Waals surface area contributed by atoms with Gasteiger partial charge in [0.15, 0.2) is 0 Å². The van der Waals surface area contributed by atoms with E-state index in [0.717, 1.165) is 44.1 Å².